The normalized spacial score (nSPS) is 12.7. The Kier molecular flexibility index (Phi) is 12.5. The monoisotopic (exact) mass is 571 g/mol. The van der Waals surface area contributed by atoms with Crippen molar-refractivity contribution in [2.75, 3.05) is 46.2 Å². The van der Waals surface area contributed by atoms with Gasteiger partial charge < -0.3 is 30.9 Å². The van der Waals surface area contributed by atoms with Crippen LogP contribution in [0.25, 0.3) is 0 Å². The topological polar surface area (TPSA) is 112 Å². The smallest absolute Gasteiger partial charge is 0.273 e. The van der Waals surface area contributed by atoms with E-state index in [1.807, 2.05) is 64.9 Å². The van der Waals surface area contributed by atoms with E-state index in [1.54, 1.807) is 37.4 Å². The number of para-hydroxylation sites is 1. The van der Waals surface area contributed by atoms with E-state index in [0.29, 0.717) is 40.9 Å². The van der Waals surface area contributed by atoms with Gasteiger partial charge in [0.2, 0.25) is 5.91 Å². The van der Waals surface area contributed by atoms with Gasteiger partial charge in [-0.25, -0.2) is 0 Å². The molecule has 0 aliphatic heterocycles. The summed E-state index contributed by atoms with van der Waals surface area (Å²) in [5, 5.41) is 12.1. The minimum absolute atomic E-state index is 0.0579. The number of hydrogen-bond acceptors (Lipinski definition) is 6. The molecule has 0 aliphatic carbocycles. The van der Waals surface area contributed by atoms with Gasteiger partial charge in [-0.15, -0.1) is 0 Å². The maximum Gasteiger partial charge on any atom is 0.273 e. The highest BCUT2D eigenvalue weighted by molar-refractivity contribution is 6.31. The van der Waals surface area contributed by atoms with E-state index in [0.717, 1.165) is 0 Å². The van der Waals surface area contributed by atoms with Crippen molar-refractivity contribution in [3.05, 3.63) is 70.5 Å². The zero-order valence-electron chi connectivity index (χ0n) is 24.5. The Morgan fingerprint density at radius 3 is 2.35 bits per heavy atom. The number of benzene rings is 2. The molecule has 0 aromatic heterocycles. The number of carbonyl (C=O) groups is 3. The van der Waals surface area contributed by atoms with Crippen molar-refractivity contribution in [2.45, 2.75) is 34.1 Å². The van der Waals surface area contributed by atoms with Gasteiger partial charge in [-0.05, 0) is 56.8 Å². The highest BCUT2D eigenvalue weighted by Crippen LogP contribution is 2.25. The lowest BCUT2D eigenvalue weighted by molar-refractivity contribution is -0.124. The molecule has 1 atom stereocenters. The lowest BCUT2D eigenvalue weighted by Crippen LogP contribution is -2.41. The van der Waals surface area contributed by atoms with Crippen LogP contribution >= 0.6 is 11.6 Å². The number of hydrogen-bond donors (Lipinski definition) is 4. The molecule has 2 aromatic rings. The van der Waals surface area contributed by atoms with Gasteiger partial charge in [0.15, 0.2) is 0 Å². The number of carbonyl (C=O) groups excluding carboxylic acids is 3. The number of halogens is 1. The van der Waals surface area contributed by atoms with Crippen LogP contribution in [0.2, 0.25) is 5.02 Å². The molecule has 0 heterocycles. The zero-order chi connectivity index (χ0) is 29.9. The molecule has 1 unspecified atom stereocenters. The fourth-order valence-electron chi connectivity index (χ4n) is 4.27. The molecular formula is C30H42ClN5O4. The van der Waals surface area contributed by atoms with Crippen LogP contribution in [-0.2, 0) is 9.59 Å². The first kappa shape index (κ1) is 32.7. The summed E-state index contributed by atoms with van der Waals surface area (Å²) in [5.41, 5.74) is 1.09. The Morgan fingerprint density at radius 1 is 1.07 bits per heavy atom. The third-order valence-electron chi connectivity index (χ3n) is 6.05. The van der Waals surface area contributed by atoms with Crippen LogP contribution in [0.5, 0.6) is 5.75 Å². The summed E-state index contributed by atoms with van der Waals surface area (Å²) >= 11 is 6.10. The molecule has 0 aliphatic rings. The molecule has 0 fully saturated rings. The van der Waals surface area contributed by atoms with Crippen LogP contribution in [0, 0.1) is 11.3 Å². The third kappa shape index (κ3) is 10.2. The molecule has 3 amide bonds. The molecule has 40 heavy (non-hydrogen) atoms. The van der Waals surface area contributed by atoms with Gasteiger partial charge in [-0.2, -0.15) is 0 Å². The van der Waals surface area contributed by atoms with E-state index in [9.17, 15) is 14.4 Å². The lowest BCUT2D eigenvalue weighted by atomic mass is 9.88. The Labute approximate surface area is 242 Å². The van der Waals surface area contributed by atoms with Crippen LogP contribution in [0.4, 0.5) is 5.69 Å². The molecule has 0 saturated heterocycles. The third-order valence-corrected chi connectivity index (χ3v) is 6.28. The number of rotatable bonds is 14. The number of amides is 3. The molecule has 10 heteroatoms. The Balaban J connectivity index is 2.19. The summed E-state index contributed by atoms with van der Waals surface area (Å²) in [7, 11) is 5.63. The van der Waals surface area contributed by atoms with Gasteiger partial charge in [0.05, 0.1) is 12.2 Å². The Bertz CT molecular complexity index is 1200. The summed E-state index contributed by atoms with van der Waals surface area (Å²) in [5.74, 6) is -0.755. The molecule has 218 valence electrons. The SMILES string of the molecule is CCOc1ccc(Cl)cc1C(=O)NCC(C)(C)CC(=O)N/C(C(=O)Nc1ccccc1)=C(/NC)C(C)CN(C)C. The van der Waals surface area contributed by atoms with E-state index in [-0.39, 0.29) is 36.4 Å². The van der Waals surface area contributed by atoms with Crippen molar-refractivity contribution in [3.8, 4) is 5.75 Å². The van der Waals surface area contributed by atoms with E-state index >= 15 is 0 Å². The van der Waals surface area contributed by atoms with E-state index in [4.69, 9.17) is 16.3 Å². The van der Waals surface area contributed by atoms with Crippen molar-refractivity contribution >= 4 is 35.0 Å². The molecule has 0 bridgehead atoms. The standard InChI is InChI=1S/C30H42ClN5O4/c1-8-40-24-15-14-21(31)16-23(24)28(38)33-19-30(3,4)17-25(37)35-27(26(32-5)20(2)18-36(6)7)29(39)34-22-12-10-9-11-13-22/h9-16,20,32H,8,17-19H2,1-7H3,(H,33,38)(H,34,39)(H,35,37)/b27-26+. The lowest BCUT2D eigenvalue weighted by Gasteiger charge is -2.26. The number of nitrogens with zero attached hydrogens (tertiary/aromatic N) is 1. The summed E-state index contributed by atoms with van der Waals surface area (Å²) in [6.45, 7) is 8.84. The average Bonchev–Trinajstić information content (AvgIpc) is 2.88. The fourth-order valence-corrected chi connectivity index (χ4v) is 4.45. The fraction of sp³-hybridized carbons (Fsp3) is 0.433. The van der Waals surface area contributed by atoms with Gasteiger partial charge in [0.1, 0.15) is 11.4 Å². The second-order valence-corrected chi connectivity index (χ2v) is 11.1. The van der Waals surface area contributed by atoms with Crippen LogP contribution in [0.15, 0.2) is 59.9 Å². The molecule has 9 nitrogen and oxygen atoms in total. The van der Waals surface area contributed by atoms with Crippen molar-refractivity contribution in [2.24, 2.45) is 11.3 Å². The van der Waals surface area contributed by atoms with Crippen LogP contribution in [0.3, 0.4) is 0 Å². The van der Waals surface area contributed by atoms with Crippen LogP contribution in [-0.4, -0.2) is 63.5 Å². The first-order chi connectivity index (χ1) is 18.9. The summed E-state index contributed by atoms with van der Waals surface area (Å²) in [4.78, 5) is 41.6. The molecule has 0 radical (unpaired) electrons. The van der Waals surface area contributed by atoms with E-state index in [1.165, 1.54) is 0 Å². The van der Waals surface area contributed by atoms with Gasteiger partial charge in [0, 0.05) is 48.9 Å². The first-order valence-corrected chi connectivity index (χ1v) is 13.7. The summed E-state index contributed by atoms with van der Waals surface area (Å²) in [6, 6.07) is 13.9. The maximum atomic E-state index is 13.4. The number of nitrogens with one attached hydrogen (secondary N) is 4. The van der Waals surface area contributed by atoms with Crippen molar-refractivity contribution in [1.29, 1.82) is 0 Å². The quantitative estimate of drug-likeness (QED) is 0.252. The molecule has 4 N–H and O–H groups in total. The van der Waals surface area contributed by atoms with Gasteiger partial charge in [0.25, 0.3) is 11.8 Å². The second kappa shape index (κ2) is 15.3. The molecule has 0 saturated carbocycles. The average molecular weight is 572 g/mol. The highest BCUT2D eigenvalue weighted by atomic mass is 35.5. The zero-order valence-corrected chi connectivity index (χ0v) is 25.2. The molecule has 0 spiro atoms. The molecule has 2 rings (SSSR count). The van der Waals surface area contributed by atoms with Gasteiger partial charge in [-0.3, -0.25) is 14.4 Å². The summed E-state index contributed by atoms with van der Waals surface area (Å²) in [6.07, 6.45) is 0.0579. The second-order valence-electron chi connectivity index (χ2n) is 10.7. The predicted octanol–water partition coefficient (Wildman–Crippen LogP) is 4.27. The van der Waals surface area contributed by atoms with Gasteiger partial charge in [-0.1, -0.05) is 50.6 Å². The van der Waals surface area contributed by atoms with Crippen LogP contribution in [0.1, 0.15) is 44.5 Å². The number of ether oxygens (including phenoxy) is 1. The van der Waals surface area contributed by atoms with Crippen molar-refractivity contribution in [3.63, 3.8) is 0 Å². The van der Waals surface area contributed by atoms with Crippen molar-refractivity contribution < 1.29 is 19.1 Å². The highest BCUT2D eigenvalue weighted by Gasteiger charge is 2.27. The first-order valence-electron chi connectivity index (χ1n) is 13.3. The van der Waals surface area contributed by atoms with E-state index in [2.05, 4.69) is 21.3 Å². The molecule has 2 aromatic carbocycles. The predicted molar refractivity (Wildman–Crippen MR) is 160 cm³/mol. The van der Waals surface area contributed by atoms with E-state index < -0.39 is 11.3 Å². The summed E-state index contributed by atoms with van der Waals surface area (Å²) < 4.78 is 5.56. The van der Waals surface area contributed by atoms with Crippen LogP contribution < -0.4 is 26.0 Å². The minimum atomic E-state index is -0.625. The minimum Gasteiger partial charge on any atom is -0.493 e. The largest absolute Gasteiger partial charge is 0.493 e. The van der Waals surface area contributed by atoms with Crippen molar-refractivity contribution in [1.82, 2.24) is 20.9 Å². The Morgan fingerprint density at radius 2 is 1.75 bits per heavy atom. The Hall–Kier alpha value is -3.56. The molecular weight excluding hydrogens is 530 g/mol. The van der Waals surface area contributed by atoms with Gasteiger partial charge >= 0.3 is 0 Å². The number of anilines is 1. The maximum absolute atomic E-state index is 13.4.